The zero-order valence-electron chi connectivity index (χ0n) is 20.2. The van der Waals surface area contributed by atoms with Crippen LogP contribution in [0, 0.1) is 0 Å². The Morgan fingerprint density at radius 1 is 0.917 bits per heavy atom. The van der Waals surface area contributed by atoms with Gasteiger partial charge in [0.1, 0.15) is 11.0 Å². The summed E-state index contributed by atoms with van der Waals surface area (Å²) < 4.78 is 35.1. The Labute approximate surface area is 213 Å². The Morgan fingerprint density at radius 3 is 2.39 bits per heavy atom. The number of anilines is 2. The second-order valence-electron chi connectivity index (χ2n) is 8.88. The summed E-state index contributed by atoms with van der Waals surface area (Å²) >= 11 is 0. The minimum Gasteiger partial charge on any atom is -0.493 e. The molecule has 2 amide bonds. The van der Waals surface area contributed by atoms with Crippen molar-refractivity contribution in [3.8, 4) is 11.5 Å². The average Bonchev–Trinajstić information content (AvgIpc) is 3.34. The maximum Gasteiger partial charge on any atom is 0.347 e. The van der Waals surface area contributed by atoms with E-state index in [1.54, 1.807) is 36.3 Å². The van der Waals surface area contributed by atoms with Gasteiger partial charge >= 0.3 is 6.03 Å². The molecular formula is C27H31N3O5S. The van der Waals surface area contributed by atoms with Gasteiger partial charge in [0.25, 0.3) is 0 Å². The molecule has 36 heavy (non-hydrogen) atoms. The fraction of sp³-hybridized carbons (Fsp3) is 0.296. The number of hydrogen-bond acceptors (Lipinski definition) is 6. The molecule has 0 radical (unpaired) electrons. The molecule has 3 aromatic rings. The number of nitrogens with zero attached hydrogens (tertiary/aromatic N) is 3. The molecule has 0 aliphatic carbocycles. The van der Waals surface area contributed by atoms with Crippen LogP contribution in [0.4, 0.5) is 16.2 Å². The summed E-state index contributed by atoms with van der Waals surface area (Å²) in [6.45, 7) is 2.59. The minimum atomic E-state index is -3.44. The van der Waals surface area contributed by atoms with E-state index < -0.39 is 16.8 Å². The summed E-state index contributed by atoms with van der Waals surface area (Å²) in [6, 6.07) is 23.5. The van der Waals surface area contributed by atoms with Gasteiger partial charge < -0.3 is 9.47 Å². The Bertz CT molecular complexity index is 1210. The number of carbonyl (C=O) groups is 1. The molecule has 1 unspecified atom stereocenters. The number of para-hydroxylation sites is 4. The lowest BCUT2D eigenvalue weighted by molar-refractivity contribution is 0.190. The Hall–Kier alpha value is -3.24. The Morgan fingerprint density at radius 2 is 1.61 bits per heavy atom. The van der Waals surface area contributed by atoms with Crippen LogP contribution >= 0.6 is 10.8 Å². The van der Waals surface area contributed by atoms with Crippen LogP contribution in [0.5, 0.6) is 11.5 Å². The molecule has 190 valence electrons. The first kappa shape index (κ1) is 24.5. The van der Waals surface area contributed by atoms with Gasteiger partial charge in [-0.25, -0.2) is 9.10 Å². The largest absolute Gasteiger partial charge is 0.493 e. The lowest BCUT2D eigenvalue weighted by Gasteiger charge is -2.49. The van der Waals surface area contributed by atoms with E-state index in [0.29, 0.717) is 28.4 Å². The summed E-state index contributed by atoms with van der Waals surface area (Å²) in [7, 11) is -1.81. The molecule has 1 atom stereocenters. The molecule has 2 heterocycles. The van der Waals surface area contributed by atoms with Gasteiger partial charge in [0.2, 0.25) is 0 Å². The number of carbonyl (C=O) groups excluding carboxylic acids is 1. The first-order chi connectivity index (χ1) is 17.5. The van der Waals surface area contributed by atoms with Crippen molar-refractivity contribution in [1.82, 2.24) is 9.21 Å². The smallest absolute Gasteiger partial charge is 0.347 e. The van der Waals surface area contributed by atoms with Crippen molar-refractivity contribution in [1.29, 1.82) is 0 Å². The zero-order chi connectivity index (χ0) is 25.1. The monoisotopic (exact) mass is 509 g/mol. The third-order valence-corrected chi connectivity index (χ3v) is 8.44. The van der Waals surface area contributed by atoms with E-state index in [2.05, 4.69) is 4.90 Å². The highest BCUT2D eigenvalue weighted by atomic mass is 32.3. The van der Waals surface area contributed by atoms with Crippen LogP contribution in [0.2, 0.25) is 0 Å². The van der Waals surface area contributed by atoms with E-state index in [0.717, 1.165) is 31.8 Å². The lowest BCUT2D eigenvalue weighted by Crippen LogP contribution is -2.47. The highest BCUT2D eigenvalue weighted by Crippen LogP contribution is 2.59. The number of fused-ring (bicyclic) bond motifs is 1. The topological polar surface area (TPSA) is 85.7 Å². The standard InChI is InChI=1S/C27H31N3O5S/c1-34-24-13-6-7-14-25(24)35-22-16-19-28(20-22)17-9-18-29-27(31)30(21-10-3-2-4-11-21)23-12-5-8-15-26(23)36(29,32)33/h2-8,10-15,22,32-33H,9,16-20H2,1H3. The molecule has 5 rings (SSSR count). The van der Waals surface area contributed by atoms with Gasteiger partial charge in [-0.1, -0.05) is 53.2 Å². The normalized spacial score (nSPS) is 20.2. The van der Waals surface area contributed by atoms with Crippen molar-refractivity contribution in [3.63, 3.8) is 0 Å². The molecule has 9 heteroatoms. The predicted octanol–water partition coefficient (Wildman–Crippen LogP) is 5.84. The van der Waals surface area contributed by atoms with Crippen LogP contribution in [0.25, 0.3) is 0 Å². The number of methoxy groups -OCH3 is 1. The van der Waals surface area contributed by atoms with Crippen molar-refractivity contribution in [2.45, 2.75) is 23.8 Å². The van der Waals surface area contributed by atoms with Crippen LogP contribution in [0.3, 0.4) is 0 Å². The molecule has 2 aliphatic rings. The number of urea groups is 1. The fourth-order valence-electron chi connectivity index (χ4n) is 4.80. The number of hydrogen-bond donors (Lipinski definition) is 2. The highest BCUT2D eigenvalue weighted by molar-refractivity contribution is 8.22. The molecule has 0 bridgehead atoms. The summed E-state index contributed by atoms with van der Waals surface area (Å²) in [4.78, 5) is 17.8. The molecule has 0 saturated carbocycles. The molecule has 1 saturated heterocycles. The summed E-state index contributed by atoms with van der Waals surface area (Å²) in [5.74, 6) is 1.45. The van der Waals surface area contributed by atoms with Crippen LogP contribution in [0.15, 0.2) is 83.8 Å². The number of rotatable bonds is 8. The molecule has 0 spiro atoms. The predicted molar refractivity (Wildman–Crippen MR) is 141 cm³/mol. The SMILES string of the molecule is COc1ccccc1OC1CCN(CCCN2C(=O)N(c3ccccc3)c3ccccc3S2(O)O)C1. The van der Waals surface area contributed by atoms with E-state index in [4.69, 9.17) is 9.47 Å². The lowest BCUT2D eigenvalue weighted by atomic mass is 10.2. The van der Waals surface area contributed by atoms with Crippen LogP contribution < -0.4 is 14.4 Å². The third kappa shape index (κ3) is 4.75. The van der Waals surface area contributed by atoms with Gasteiger partial charge in [-0.3, -0.25) is 18.9 Å². The van der Waals surface area contributed by atoms with E-state index in [1.165, 1.54) is 4.31 Å². The van der Waals surface area contributed by atoms with Gasteiger partial charge in [-0.2, -0.15) is 0 Å². The van der Waals surface area contributed by atoms with E-state index in [9.17, 15) is 13.9 Å². The van der Waals surface area contributed by atoms with E-state index >= 15 is 0 Å². The van der Waals surface area contributed by atoms with Crippen molar-refractivity contribution in [2.75, 3.05) is 38.2 Å². The van der Waals surface area contributed by atoms with E-state index in [1.807, 2.05) is 54.6 Å². The molecule has 3 aromatic carbocycles. The first-order valence-electron chi connectivity index (χ1n) is 12.0. The van der Waals surface area contributed by atoms with Crippen LogP contribution in [-0.4, -0.2) is 63.7 Å². The van der Waals surface area contributed by atoms with Gasteiger partial charge in [0.05, 0.1) is 18.5 Å². The van der Waals surface area contributed by atoms with Gasteiger partial charge in [0.15, 0.2) is 11.5 Å². The number of amides is 2. The highest BCUT2D eigenvalue weighted by Gasteiger charge is 2.42. The Balaban J connectivity index is 1.25. The second kappa shape index (κ2) is 10.4. The third-order valence-electron chi connectivity index (χ3n) is 6.55. The molecule has 1 fully saturated rings. The summed E-state index contributed by atoms with van der Waals surface area (Å²) in [5.41, 5.74) is 1.19. The van der Waals surface area contributed by atoms with Gasteiger partial charge in [0, 0.05) is 26.2 Å². The quantitative estimate of drug-likeness (QED) is 0.397. The Kier molecular flexibility index (Phi) is 7.06. The van der Waals surface area contributed by atoms with E-state index in [-0.39, 0.29) is 12.6 Å². The second-order valence-corrected chi connectivity index (χ2v) is 10.8. The van der Waals surface area contributed by atoms with Gasteiger partial charge in [-0.05, 0) is 49.2 Å². The maximum absolute atomic E-state index is 13.6. The molecular weight excluding hydrogens is 478 g/mol. The number of ether oxygens (including phenoxy) is 2. The molecule has 0 aromatic heterocycles. The number of benzene rings is 3. The number of likely N-dealkylation sites (tertiary alicyclic amines) is 1. The maximum atomic E-state index is 13.6. The van der Waals surface area contributed by atoms with Crippen LogP contribution in [-0.2, 0) is 0 Å². The summed E-state index contributed by atoms with van der Waals surface area (Å²) in [6.07, 6.45) is 1.55. The minimum absolute atomic E-state index is 0.0544. The van der Waals surface area contributed by atoms with Crippen LogP contribution in [0.1, 0.15) is 12.8 Å². The fourth-order valence-corrected chi connectivity index (χ4v) is 6.42. The van der Waals surface area contributed by atoms with Gasteiger partial charge in [-0.15, -0.1) is 0 Å². The van der Waals surface area contributed by atoms with Crippen molar-refractivity contribution < 1.29 is 23.4 Å². The zero-order valence-corrected chi connectivity index (χ0v) is 21.0. The van der Waals surface area contributed by atoms with Crippen molar-refractivity contribution >= 4 is 28.2 Å². The summed E-state index contributed by atoms with van der Waals surface area (Å²) in [5, 5.41) is 0. The first-order valence-corrected chi connectivity index (χ1v) is 13.6. The van der Waals surface area contributed by atoms with Crippen molar-refractivity contribution in [2.24, 2.45) is 0 Å². The molecule has 2 aliphatic heterocycles. The average molecular weight is 510 g/mol. The molecule has 8 nitrogen and oxygen atoms in total. The van der Waals surface area contributed by atoms with Crippen molar-refractivity contribution in [3.05, 3.63) is 78.9 Å². The molecule has 2 N–H and O–H groups in total.